The monoisotopic (exact) mass is 272 g/mol. The van der Waals surface area contributed by atoms with Gasteiger partial charge in [-0.05, 0) is 19.1 Å². The van der Waals surface area contributed by atoms with Crippen molar-refractivity contribution in [3.8, 4) is 11.5 Å². The van der Waals surface area contributed by atoms with Crippen LogP contribution in [0.5, 0.6) is 11.5 Å². The van der Waals surface area contributed by atoms with Gasteiger partial charge >= 0.3 is 11.9 Å². The van der Waals surface area contributed by atoms with Gasteiger partial charge in [0.15, 0.2) is 0 Å². The Morgan fingerprint density at radius 3 is 1.42 bits per heavy atom. The molecule has 0 radical (unpaired) electrons. The van der Waals surface area contributed by atoms with Crippen molar-refractivity contribution in [2.45, 2.75) is 19.8 Å². The lowest BCUT2D eigenvalue weighted by Crippen LogP contribution is -2.03. The molecule has 0 heterocycles. The number of aliphatic hydroxyl groups excluding tert-OH is 1. The molecule has 5 N–H and O–H groups in total. The Morgan fingerprint density at radius 1 is 0.947 bits per heavy atom. The molecule has 0 aromatic heterocycles. The molecule has 0 amide bonds. The predicted molar refractivity (Wildman–Crippen MR) is 65.2 cm³/mol. The van der Waals surface area contributed by atoms with Gasteiger partial charge in [0.05, 0.1) is 12.8 Å². The minimum atomic E-state index is -1.15. The van der Waals surface area contributed by atoms with E-state index in [1.165, 1.54) is 0 Å². The summed E-state index contributed by atoms with van der Waals surface area (Å²) in [6.45, 7) is 1.93. The fourth-order valence-corrected chi connectivity index (χ4v) is 1.27. The molecule has 0 saturated heterocycles. The van der Waals surface area contributed by atoms with Crippen LogP contribution in [0.25, 0.3) is 0 Å². The molecular formula is C12H16O7. The number of carbonyl (C=O) groups is 2. The van der Waals surface area contributed by atoms with Crippen LogP contribution in [-0.2, 0) is 22.4 Å². The van der Waals surface area contributed by atoms with Crippen molar-refractivity contribution >= 4 is 11.9 Å². The fraction of sp³-hybridized carbons (Fsp3) is 0.333. The molecule has 0 spiro atoms. The number of rotatable bonds is 4. The molecule has 0 fully saturated rings. The van der Waals surface area contributed by atoms with Crippen molar-refractivity contribution in [1.82, 2.24) is 0 Å². The second kappa shape index (κ2) is 7.93. The lowest BCUT2D eigenvalue weighted by molar-refractivity contribution is -0.137. The molecule has 7 heteroatoms. The minimum Gasteiger partial charge on any atom is -0.508 e. The number of aliphatic hydroxyl groups is 1. The summed E-state index contributed by atoms with van der Waals surface area (Å²) in [5, 5.41) is 43.4. The van der Waals surface area contributed by atoms with Crippen LogP contribution < -0.4 is 0 Å². The molecule has 106 valence electrons. The molecule has 19 heavy (non-hydrogen) atoms. The molecule has 0 bridgehead atoms. The van der Waals surface area contributed by atoms with E-state index in [0.29, 0.717) is 0 Å². The Balaban J connectivity index is 0.000000982. The average Bonchev–Trinajstić information content (AvgIpc) is 2.25. The number of carboxylic acid groups (broad SMARTS) is 2. The van der Waals surface area contributed by atoms with E-state index in [4.69, 9.17) is 15.3 Å². The molecule has 0 unspecified atom stereocenters. The summed E-state index contributed by atoms with van der Waals surface area (Å²) >= 11 is 0. The Morgan fingerprint density at radius 2 is 1.21 bits per heavy atom. The maximum atomic E-state index is 10.4. The summed E-state index contributed by atoms with van der Waals surface area (Å²) in [6, 6.07) is 2.11. The maximum Gasteiger partial charge on any atom is 0.307 e. The summed E-state index contributed by atoms with van der Waals surface area (Å²) in [5.74, 6) is -2.98. The van der Waals surface area contributed by atoms with Gasteiger partial charge in [-0.1, -0.05) is 0 Å². The number of hydrogen-bond donors (Lipinski definition) is 5. The third kappa shape index (κ3) is 6.27. The fourth-order valence-electron chi connectivity index (χ4n) is 1.27. The van der Waals surface area contributed by atoms with Crippen LogP contribution >= 0.6 is 0 Å². The molecule has 1 rings (SSSR count). The highest BCUT2D eigenvalue weighted by atomic mass is 16.4. The Hall–Kier alpha value is -2.28. The zero-order valence-corrected chi connectivity index (χ0v) is 10.3. The second-order valence-corrected chi connectivity index (χ2v) is 3.57. The third-order valence-electron chi connectivity index (χ3n) is 1.96. The van der Waals surface area contributed by atoms with Gasteiger partial charge in [0.1, 0.15) is 11.5 Å². The Kier molecular flexibility index (Phi) is 6.98. The Labute approximate surface area is 109 Å². The van der Waals surface area contributed by atoms with Crippen molar-refractivity contribution in [3.05, 3.63) is 23.3 Å². The minimum absolute atomic E-state index is 0.0409. The van der Waals surface area contributed by atoms with Gasteiger partial charge in [-0.15, -0.1) is 0 Å². The van der Waals surface area contributed by atoms with Gasteiger partial charge < -0.3 is 25.5 Å². The third-order valence-corrected chi connectivity index (χ3v) is 1.96. The predicted octanol–water partition coefficient (Wildman–Crippen LogP) is 0.351. The molecule has 1 aromatic carbocycles. The van der Waals surface area contributed by atoms with E-state index in [2.05, 4.69) is 0 Å². The van der Waals surface area contributed by atoms with E-state index in [9.17, 15) is 19.8 Å². The molecule has 0 aliphatic heterocycles. The number of carboxylic acids is 2. The van der Waals surface area contributed by atoms with Gasteiger partial charge in [0.25, 0.3) is 0 Å². The zero-order chi connectivity index (χ0) is 15.0. The van der Waals surface area contributed by atoms with Crippen LogP contribution in [0.2, 0.25) is 0 Å². The summed E-state index contributed by atoms with van der Waals surface area (Å²) in [7, 11) is 0. The van der Waals surface area contributed by atoms with E-state index in [1.54, 1.807) is 6.92 Å². The van der Waals surface area contributed by atoms with E-state index in [0.717, 1.165) is 12.1 Å². The summed E-state index contributed by atoms with van der Waals surface area (Å²) in [5.41, 5.74) is 0.0817. The zero-order valence-electron chi connectivity index (χ0n) is 10.3. The first kappa shape index (κ1) is 16.7. The highest BCUT2D eigenvalue weighted by Crippen LogP contribution is 2.28. The lowest BCUT2D eigenvalue weighted by atomic mass is 10.0. The molecule has 7 nitrogen and oxygen atoms in total. The van der Waals surface area contributed by atoms with Crippen LogP contribution in [0.3, 0.4) is 0 Å². The van der Waals surface area contributed by atoms with Crippen molar-refractivity contribution < 1.29 is 35.1 Å². The van der Waals surface area contributed by atoms with E-state index in [-0.39, 0.29) is 29.2 Å². The standard InChI is InChI=1S/C10H10O6.C2H6O/c11-7-1-5(3-9(13)14)8(12)2-6(7)4-10(15)16;1-2-3/h1-2,11-12H,3-4H2,(H,13,14)(H,15,16);3H,2H2,1H3. The van der Waals surface area contributed by atoms with E-state index >= 15 is 0 Å². The molecule has 0 saturated carbocycles. The maximum absolute atomic E-state index is 10.4. The first-order valence-electron chi connectivity index (χ1n) is 5.39. The van der Waals surface area contributed by atoms with Gasteiger partial charge in [0.2, 0.25) is 0 Å². The van der Waals surface area contributed by atoms with Crippen LogP contribution in [0.4, 0.5) is 0 Å². The SMILES string of the molecule is CCO.O=C(O)Cc1cc(O)c(CC(=O)O)cc1O. The van der Waals surface area contributed by atoms with Crippen molar-refractivity contribution in [3.63, 3.8) is 0 Å². The van der Waals surface area contributed by atoms with E-state index in [1.807, 2.05) is 0 Å². The Bertz CT molecular complexity index is 412. The topological polar surface area (TPSA) is 135 Å². The van der Waals surface area contributed by atoms with Crippen LogP contribution in [-0.4, -0.2) is 44.1 Å². The normalized spacial score (nSPS) is 9.37. The molecule has 1 aromatic rings. The summed E-state index contributed by atoms with van der Waals surface area (Å²) < 4.78 is 0. The van der Waals surface area contributed by atoms with E-state index < -0.39 is 24.8 Å². The van der Waals surface area contributed by atoms with Crippen LogP contribution in [0, 0.1) is 0 Å². The number of phenols is 2. The van der Waals surface area contributed by atoms with Gasteiger partial charge in [-0.2, -0.15) is 0 Å². The first-order chi connectivity index (χ1) is 8.81. The number of aromatic hydroxyl groups is 2. The quantitative estimate of drug-likeness (QED) is 0.499. The average molecular weight is 272 g/mol. The largest absolute Gasteiger partial charge is 0.508 e. The van der Waals surface area contributed by atoms with Crippen molar-refractivity contribution in [2.24, 2.45) is 0 Å². The number of benzene rings is 1. The smallest absolute Gasteiger partial charge is 0.307 e. The van der Waals surface area contributed by atoms with Crippen molar-refractivity contribution in [1.29, 1.82) is 0 Å². The number of hydrogen-bond acceptors (Lipinski definition) is 5. The molecule has 0 aliphatic carbocycles. The summed E-state index contributed by atoms with van der Waals surface area (Å²) in [6.07, 6.45) is -0.876. The van der Waals surface area contributed by atoms with Gasteiger partial charge in [-0.3, -0.25) is 9.59 Å². The van der Waals surface area contributed by atoms with Crippen LogP contribution in [0.15, 0.2) is 12.1 Å². The van der Waals surface area contributed by atoms with Gasteiger partial charge in [-0.25, -0.2) is 0 Å². The summed E-state index contributed by atoms with van der Waals surface area (Å²) in [4.78, 5) is 20.8. The van der Waals surface area contributed by atoms with Crippen molar-refractivity contribution in [2.75, 3.05) is 6.61 Å². The molecule has 0 atom stereocenters. The number of phenolic OH excluding ortho intramolecular Hbond substituents is 2. The van der Waals surface area contributed by atoms with Gasteiger partial charge in [0, 0.05) is 17.7 Å². The lowest BCUT2D eigenvalue weighted by Gasteiger charge is -2.07. The second-order valence-electron chi connectivity index (χ2n) is 3.57. The molecular weight excluding hydrogens is 256 g/mol. The highest BCUT2D eigenvalue weighted by molar-refractivity contribution is 5.74. The van der Waals surface area contributed by atoms with Crippen LogP contribution in [0.1, 0.15) is 18.1 Å². The highest BCUT2D eigenvalue weighted by Gasteiger charge is 2.13. The molecule has 0 aliphatic rings. The first-order valence-corrected chi connectivity index (χ1v) is 5.39. The number of aliphatic carboxylic acids is 2.